The molecule has 1 aromatic rings. The lowest BCUT2D eigenvalue weighted by Gasteiger charge is -1.77. The Bertz CT molecular complexity index is 221. The second kappa shape index (κ2) is 1.89. The predicted octanol–water partition coefficient (Wildman–Crippen LogP) is 0.932. The van der Waals surface area contributed by atoms with Crippen LogP contribution in [0.15, 0.2) is 12.3 Å². The molecule has 0 unspecified atom stereocenters. The van der Waals surface area contributed by atoms with E-state index in [1.54, 1.807) is 12.3 Å². The van der Waals surface area contributed by atoms with E-state index >= 15 is 0 Å². The summed E-state index contributed by atoms with van der Waals surface area (Å²) in [6, 6.07) is 3.61. The average Bonchev–Trinajstić information content (AvgIpc) is 2.14. The third-order valence-corrected chi connectivity index (χ3v) is 0.873. The van der Waals surface area contributed by atoms with E-state index < -0.39 is 0 Å². The van der Waals surface area contributed by atoms with Gasteiger partial charge in [-0.1, -0.05) is 11.6 Å². The molecule has 0 spiro atoms. The molecule has 0 aliphatic carbocycles. The summed E-state index contributed by atoms with van der Waals surface area (Å²) in [5.41, 5.74) is 0. The first-order valence-electron chi connectivity index (χ1n) is 1.97. The smallest absolute Gasteiger partial charge is 0.152 e. The highest BCUT2D eigenvalue weighted by Crippen LogP contribution is 1.99. The summed E-state index contributed by atoms with van der Waals surface area (Å²) in [5, 5.41) is 3.99. The molecule has 1 radical (unpaired) electrons. The minimum atomic E-state index is 0.379. The van der Waals surface area contributed by atoms with Crippen LogP contribution in [0.5, 0.6) is 0 Å². The van der Waals surface area contributed by atoms with Crippen molar-refractivity contribution in [1.82, 2.24) is 9.78 Å². The van der Waals surface area contributed by atoms with Crippen LogP contribution in [0, 0.1) is 12.5 Å². The molecule has 3 heteroatoms. The lowest BCUT2D eigenvalue weighted by atomic mass is 10.7. The molecule has 0 N–H and O–H groups in total. The summed E-state index contributed by atoms with van der Waals surface area (Å²) in [4.78, 5) is 0. The zero-order valence-electron chi connectivity index (χ0n) is 3.93. The van der Waals surface area contributed by atoms with Crippen molar-refractivity contribution >= 4 is 11.6 Å². The van der Waals surface area contributed by atoms with Crippen LogP contribution in [0.25, 0.3) is 0 Å². The van der Waals surface area contributed by atoms with E-state index in [-0.39, 0.29) is 0 Å². The number of hydrogen-bond acceptors (Lipinski definition) is 1. The topological polar surface area (TPSA) is 17.8 Å². The maximum absolute atomic E-state index is 6.55. The Labute approximate surface area is 52.1 Å². The van der Waals surface area contributed by atoms with Gasteiger partial charge in [0.25, 0.3) is 0 Å². The maximum atomic E-state index is 6.55. The van der Waals surface area contributed by atoms with E-state index in [4.69, 9.17) is 18.0 Å². The summed E-state index contributed by atoms with van der Waals surface area (Å²) >= 11 is 5.38. The molecule has 2 nitrogen and oxygen atoms in total. The quantitative estimate of drug-likeness (QED) is 0.472. The van der Waals surface area contributed by atoms with Crippen LogP contribution < -0.4 is 0 Å². The molecule has 0 amide bonds. The van der Waals surface area contributed by atoms with Crippen LogP contribution in [0.4, 0.5) is 0 Å². The van der Waals surface area contributed by atoms with Gasteiger partial charge in [-0.3, -0.25) is 0 Å². The largest absolute Gasteiger partial charge is 0.195 e. The molecule has 0 saturated heterocycles. The molecule has 0 fully saturated rings. The first-order chi connectivity index (χ1) is 3.83. The molecule has 8 heavy (non-hydrogen) atoms. The van der Waals surface area contributed by atoms with E-state index in [1.165, 1.54) is 4.68 Å². The van der Waals surface area contributed by atoms with Crippen LogP contribution in [0.2, 0.25) is 5.15 Å². The van der Waals surface area contributed by atoms with E-state index in [0.717, 1.165) is 0 Å². The minimum absolute atomic E-state index is 0.379. The molecular formula is C5H2ClN2. The summed E-state index contributed by atoms with van der Waals surface area (Å²) in [5.74, 6) is 0. The van der Waals surface area contributed by atoms with Crippen molar-refractivity contribution in [2.45, 2.75) is 0 Å². The van der Waals surface area contributed by atoms with Gasteiger partial charge in [0.1, 0.15) is 0 Å². The molecule has 0 aliphatic heterocycles. The highest BCUT2D eigenvalue weighted by Gasteiger charge is 1.87. The Hall–Kier alpha value is -0.940. The average molecular weight is 126 g/mol. The summed E-state index contributed by atoms with van der Waals surface area (Å²) in [7, 11) is 0. The Morgan fingerprint density at radius 2 is 2.62 bits per heavy atom. The van der Waals surface area contributed by atoms with Crippen LogP contribution in [-0.4, -0.2) is 9.78 Å². The second-order valence-corrected chi connectivity index (χ2v) is 1.58. The van der Waals surface area contributed by atoms with Gasteiger partial charge in [0, 0.05) is 18.7 Å². The number of aromatic nitrogens is 2. The fraction of sp³-hybridized carbons (Fsp3) is 0. The Balaban J connectivity index is 3.05. The van der Waals surface area contributed by atoms with Gasteiger partial charge in [-0.25, -0.2) is 0 Å². The van der Waals surface area contributed by atoms with Crippen molar-refractivity contribution in [2.24, 2.45) is 0 Å². The SMILES string of the molecule is [C]#Cn1ccc(Cl)n1. The van der Waals surface area contributed by atoms with Crippen LogP contribution in [0.3, 0.4) is 0 Å². The third-order valence-electron chi connectivity index (χ3n) is 0.671. The minimum Gasteiger partial charge on any atom is -0.195 e. The number of rotatable bonds is 0. The van der Waals surface area contributed by atoms with Crippen molar-refractivity contribution in [3.8, 4) is 6.04 Å². The van der Waals surface area contributed by atoms with Crippen LogP contribution >= 0.6 is 11.6 Å². The second-order valence-electron chi connectivity index (χ2n) is 1.19. The third kappa shape index (κ3) is 0.824. The number of nitrogens with zero attached hydrogens (tertiary/aromatic N) is 2. The lowest BCUT2D eigenvalue weighted by molar-refractivity contribution is 0.916. The first-order valence-corrected chi connectivity index (χ1v) is 2.34. The number of hydrogen-bond donors (Lipinski definition) is 0. The van der Waals surface area contributed by atoms with Gasteiger partial charge in [-0.2, -0.15) is 4.68 Å². The van der Waals surface area contributed by atoms with E-state index in [1.807, 2.05) is 6.04 Å². The monoisotopic (exact) mass is 125 g/mol. The van der Waals surface area contributed by atoms with Gasteiger partial charge < -0.3 is 0 Å². The van der Waals surface area contributed by atoms with Crippen LogP contribution in [0.1, 0.15) is 0 Å². The summed E-state index contributed by atoms with van der Waals surface area (Å²) in [6.07, 6.45) is 8.10. The van der Waals surface area contributed by atoms with Crippen molar-refractivity contribution in [3.05, 3.63) is 23.8 Å². The van der Waals surface area contributed by atoms with Gasteiger partial charge in [-0.05, 0) is 6.07 Å². The highest BCUT2D eigenvalue weighted by molar-refractivity contribution is 6.29. The molecule has 0 bridgehead atoms. The zero-order valence-corrected chi connectivity index (χ0v) is 4.68. The molecule has 0 atom stereocenters. The van der Waals surface area contributed by atoms with Gasteiger partial charge in [0.2, 0.25) is 0 Å². The fourth-order valence-corrected chi connectivity index (χ4v) is 0.502. The highest BCUT2D eigenvalue weighted by atomic mass is 35.5. The molecule has 39 valence electrons. The van der Waals surface area contributed by atoms with Gasteiger partial charge in [0.05, 0.1) is 0 Å². The summed E-state index contributed by atoms with van der Waals surface area (Å²) in [6.45, 7) is 0. The van der Waals surface area contributed by atoms with E-state index in [0.29, 0.717) is 5.15 Å². The summed E-state index contributed by atoms with van der Waals surface area (Å²) < 4.78 is 1.20. The molecule has 1 heterocycles. The zero-order chi connectivity index (χ0) is 5.98. The molecular weight excluding hydrogens is 124 g/mol. The Morgan fingerprint density at radius 1 is 1.88 bits per heavy atom. The van der Waals surface area contributed by atoms with Crippen LogP contribution in [-0.2, 0) is 0 Å². The molecule has 0 aromatic carbocycles. The van der Waals surface area contributed by atoms with E-state index in [2.05, 4.69) is 5.10 Å². The normalized spacial score (nSPS) is 8.50. The van der Waals surface area contributed by atoms with E-state index in [9.17, 15) is 0 Å². The number of halogens is 1. The van der Waals surface area contributed by atoms with Gasteiger partial charge in [-0.15, -0.1) is 5.10 Å². The Kier molecular flexibility index (Phi) is 1.23. The van der Waals surface area contributed by atoms with Crippen molar-refractivity contribution in [3.63, 3.8) is 0 Å². The maximum Gasteiger partial charge on any atom is 0.152 e. The molecule has 0 aliphatic rings. The standard InChI is InChI=1S/C5H2ClN2/c1-2-8-4-3-5(6)7-8/h3-4H. The Morgan fingerprint density at radius 3 is 2.88 bits per heavy atom. The van der Waals surface area contributed by atoms with Crippen molar-refractivity contribution in [1.29, 1.82) is 0 Å². The predicted molar refractivity (Wildman–Crippen MR) is 29.8 cm³/mol. The molecule has 1 rings (SSSR count). The first kappa shape index (κ1) is 5.20. The van der Waals surface area contributed by atoms with Crippen molar-refractivity contribution < 1.29 is 0 Å². The van der Waals surface area contributed by atoms with Gasteiger partial charge in [0.15, 0.2) is 5.15 Å². The molecule has 1 aromatic heterocycles. The fourth-order valence-electron chi connectivity index (χ4n) is 0.364. The van der Waals surface area contributed by atoms with Crippen molar-refractivity contribution in [2.75, 3.05) is 0 Å². The molecule has 0 saturated carbocycles. The van der Waals surface area contributed by atoms with Gasteiger partial charge >= 0.3 is 0 Å². The lowest BCUT2D eigenvalue weighted by Crippen LogP contribution is -1.85.